The Kier molecular flexibility index (Phi) is 3.86. The van der Waals surface area contributed by atoms with Crippen LogP contribution in [0.4, 0.5) is 0 Å². The van der Waals surface area contributed by atoms with Crippen molar-refractivity contribution < 1.29 is 9.90 Å². The summed E-state index contributed by atoms with van der Waals surface area (Å²) < 4.78 is 0. The van der Waals surface area contributed by atoms with Crippen LogP contribution in [0.15, 0.2) is 0 Å². The van der Waals surface area contributed by atoms with Gasteiger partial charge in [0.1, 0.15) is 0 Å². The van der Waals surface area contributed by atoms with Crippen molar-refractivity contribution >= 4 is 17.6 Å². The number of alkyl halides is 1. The molecule has 12 heavy (non-hydrogen) atoms. The Balaban J connectivity index is 2.43. The third-order valence-corrected chi connectivity index (χ3v) is 2.86. The fourth-order valence-electron chi connectivity index (χ4n) is 1.70. The minimum atomic E-state index is -0.678. The first-order chi connectivity index (χ1) is 5.70. The van der Waals surface area contributed by atoms with Gasteiger partial charge in [-0.15, -0.1) is 11.6 Å². The summed E-state index contributed by atoms with van der Waals surface area (Å²) in [4.78, 5) is 10.7. The molecular formula is C9H15ClO2. The highest BCUT2D eigenvalue weighted by molar-refractivity contribution is 6.20. The molecule has 1 N–H and O–H groups in total. The van der Waals surface area contributed by atoms with E-state index in [1.807, 2.05) is 0 Å². The molecule has 1 fully saturated rings. The van der Waals surface area contributed by atoms with Crippen molar-refractivity contribution in [2.75, 3.05) is 0 Å². The molecule has 0 amide bonds. The second kappa shape index (κ2) is 4.70. The maximum Gasteiger partial charge on any atom is 0.306 e. The first-order valence-corrected chi connectivity index (χ1v) is 5.00. The topological polar surface area (TPSA) is 37.3 Å². The zero-order chi connectivity index (χ0) is 8.97. The molecule has 0 aromatic heterocycles. The average Bonchev–Trinajstić information content (AvgIpc) is 1.95. The van der Waals surface area contributed by atoms with E-state index in [1.165, 1.54) is 0 Å². The fourth-order valence-corrected chi connectivity index (χ4v) is 2.07. The molecule has 1 aliphatic carbocycles. The molecule has 0 radical (unpaired) electrons. The van der Waals surface area contributed by atoms with Gasteiger partial charge in [0, 0.05) is 5.38 Å². The van der Waals surface area contributed by atoms with Gasteiger partial charge in [-0.2, -0.15) is 0 Å². The van der Waals surface area contributed by atoms with Gasteiger partial charge >= 0.3 is 5.97 Å². The summed E-state index contributed by atoms with van der Waals surface area (Å²) >= 11 is 5.97. The standard InChI is InChI=1S/C9H15ClO2/c10-8-5-3-1-2-4-7(6-8)9(11)12/h7-8H,1-6H2,(H,11,12). The lowest BCUT2D eigenvalue weighted by atomic mass is 9.91. The average molecular weight is 191 g/mol. The summed E-state index contributed by atoms with van der Waals surface area (Å²) in [5.74, 6) is -0.879. The van der Waals surface area contributed by atoms with Gasteiger partial charge in [-0.25, -0.2) is 0 Å². The van der Waals surface area contributed by atoms with Gasteiger partial charge in [0.15, 0.2) is 0 Å². The maximum absolute atomic E-state index is 10.7. The van der Waals surface area contributed by atoms with Crippen LogP contribution in [0.3, 0.4) is 0 Å². The lowest BCUT2D eigenvalue weighted by molar-refractivity contribution is -0.142. The molecule has 0 aromatic carbocycles. The van der Waals surface area contributed by atoms with Crippen LogP contribution in [0.25, 0.3) is 0 Å². The Morgan fingerprint density at radius 2 is 1.92 bits per heavy atom. The minimum absolute atomic E-state index is 0.0754. The Morgan fingerprint density at radius 1 is 1.25 bits per heavy atom. The van der Waals surface area contributed by atoms with Crippen molar-refractivity contribution in [1.82, 2.24) is 0 Å². The van der Waals surface area contributed by atoms with Crippen molar-refractivity contribution in [3.63, 3.8) is 0 Å². The Bertz CT molecular complexity index is 159. The molecule has 2 atom stereocenters. The van der Waals surface area contributed by atoms with Gasteiger partial charge in [-0.1, -0.05) is 19.3 Å². The first-order valence-electron chi connectivity index (χ1n) is 4.57. The number of rotatable bonds is 1. The van der Waals surface area contributed by atoms with Crippen LogP contribution in [0, 0.1) is 5.92 Å². The van der Waals surface area contributed by atoms with Crippen LogP contribution < -0.4 is 0 Å². The summed E-state index contributed by atoms with van der Waals surface area (Å²) in [6.45, 7) is 0. The van der Waals surface area contributed by atoms with E-state index in [0.717, 1.165) is 32.1 Å². The van der Waals surface area contributed by atoms with Crippen molar-refractivity contribution in [1.29, 1.82) is 0 Å². The van der Waals surface area contributed by atoms with Crippen LogP contribution >= 0.6 is 11.6 Å². The van der Waals surface area contributed by atoms with Gasteiger partial charge < -0.3 is 5.11 Å². The molecule has 2 unspecified atom stereocenters. The van der Waals surface area contributed by atoms with E-state index < -0.39 is 5.97 Å². The van der Waals surface area contributed by atoms with E-state index in [4.69, 9.17) is 16.7 Å². The van der Waals surface area contributed by atoms with Crippen molar-refractivity contribution in [3.05, 3.63) is 0 Å². The van der Waals surface area contributed by atoms with E-state index in [2.05, 4.69) is 0 Å². The lowest BCUT2D eigenvalue weighted by Crippen LogP contribution is -2.19. The van der Waals surface area contributed by atoms with Gasteiger partial charge in [0.05, 0.1) is 5.92 Å². The summed E-state index contributed by atoms with van der Waals surface area (Å²) in [5.41, 5.74) is 0. The zero-order valence-electron chi connectivity index (χ0n) is 7.13. The van der Waals surface area contributed by atoms with Crippen LogP contribution in [-0.4, -0.2) is 16.5 Å². The number of carbonyl (C=O) groups is 1. The molecule has 1 saturated carbocycles. The number of hydrogen-bond donors (Lipinski definition) is 1. The molecule has 3 heteroatoms. The van der Waals surface area contributed by atoms with Crippen molar-refractivity contribution in [2.45, 2.75) is 43.9 Å². The summed E-state index contributed by atoms with van der Waals surface area (Å²) in [5, 5.41) is 8.89. The molecule has 0 bridgehead atoms. The maximum atomic E-state index is 10.7. The van der Waals surface area contributed by atoms with E-state index in [-0.39, 0.29) is 11.3 Å². The SMILES string of the molecule is O=C(O)C1CCCCCC(Cl)C1. The highest BCUT2D eigenvalue weighted by Gasteiger charge is 2.22. The molecule has 1 aliphatic rings. The first kappa shape index (κ1) is 9.85. The van der Waals surface area contributed by atoms with E-state index in [9.17, 15) is 4.79 Å². The predicted octanol–water partition coefficient (Wildman–Crippen LogP) is 2.65. The molecule has 0 heterocycles. The number of carboxylic acids is 1. The number of aliphatic carboxylic acids is 1. The van der Waals surface area contributed by atoms with Crippen LogP contribution in [0.5, 0.6) is 0 Å². The highest BCUT2D eigenvalue weighted by Crippen LogP contribution is 2.25. The Morgan fingerprint density at radius 3 is 2.58 bits per heavy atom. The van der Waals surface area contributed by atoms with Gasteiger partial charge in [0.25, 0.3) is 0 Å². The molecule has 1 rings (SSSR count). The number of hydrogen-bond acceptors (Lipinski definition) is 1. The number of carboxylic acid groups (broad SMARTS) is 1. The quantitative estimate of drug-likeness (QED) is 0.646. The van der Waals surface area contributed by atoms with Crippen molar-refractivity contribution in [3.8, 4) is 0 Å². The smallest absolute Gasteiger partial charge is 0.306 e. The second-order valence-corrected chi connectivity index (χ2v) is 4.12. The molecule has 0 saturated heterocycles. The largest absolute Gasteiger partial charge is 0.481 e. The zero-order valence-corrected chi connectivity index (χ0v) is 7.89. The number of halogens is 1. The normalized spacial score (nSPS) is 32.1. The molecule has 0 aliphatic heterocycles. The van der Waals surface area contributed by atoms with Crippen LogP contribution in [0.1, 0.15) is 38.5 Å². The Hall–Kier alpha value is -0.240. The molecule has 2 nitrogen and oxygen atoms in total. The predicted molar refractivity (Wildman–Crippen MR) is 48.5 cm³/mol. The minimum Gasteiger partial charge on any atom is -0.481 e. The van der Waals surface area contributed by atoms with Gasteiger partial charge in [-0.3, -0.25) is 4.79 Å². The van der Waals surface area contributed by atoms with E-state index in [0.29, 0.717) is 6.42 Å². The Labute approximate surface area is 77.9 Å². The van der Waals surface area contributed by atoms with Gasteiger partial charge in [0.2, 0.25) is 0 Å². The third-order valence-electron chi connectivity index (χ3n) is 2.46. The third kappa shape index (κ3) is 3.02. The highest BCUT2D eigenvalue weighted by atomic mass is 35.5. The summed E-state index contributed by atoms with van der Waals surface area (Å²) in [6, 6.07) is 0. The van der Waals surface area contributed by atoms with Crippen molar-refractivity contribution in [2.24, 2.45) is 5.92 Å². The molecule has 0 spiro atoms. The molecule has 70 valence electrons. The van der Waals surface area contributed by atoms with E-state index >= 15 is 0 Å². The lowest BCUT2D eigenvalue weighted by Gasteiger charge is -2.19. The molecule has 0 aromatic rings. The second-order valence-electron chi connectivity index (χ2n) is 3.51. The van der Waals surface area contributed by atoms with Crippen LogP contribution in [0.2, 0.25) is 0 Å². The monoisotopic (exact) mass is 190 g/mol. The molecular weight excluding hydrogens is 176 g/mol. The van der Waals surface area contributed by atoms with Gasteiger partial charge in [-0.05, 0) is 19.3 Å². The fraction of sp³-hybridized carbons (Fsp3) is 0.889. The summed E-state index contributed by atoms with van der Waals surface area (Å²) in [7, 11) is 0. The van der Waals surface area contributed by atoms with Crippen LogP contribution in [-0.2, 0) is 4.79 Å². The van der Waals surface area contributed by atoms with E-state index in [1.54, 1.807) is 0 Å². The summed E-state index contributed by atoms with van der Waals surface area (Å²) in [6.07, 6.45) is 5.76.